The van der Waals surface area contributed by atoms with E-state index in [1.807, 2.05) is 6.08 Å². The van der Waals surface area contributed by atoms with Crippen LogP contribution in [0.1, 0.15) is 6.42 Å². The summed E-state index contributed by atoms with van der Waals surface area (Å²) < 4.78 is 28.5. The lowest BCUT2D eigenvalue weighted by molar-refractivity contribution is 0.288. The van der Waals surface area contributed by atoms with Crippen molar-refractivity contribution < 1.29 is 23.1 Å². The Morgan fingerprint density at radius 3 is 2.24 bits per heavy atom. The molecule has 0 fully saturated rings. The zero-order valence-electron chi connectivity index (χ0n) is 8.85. The molecule has 1 aliphatic carbocycles. The van der Waals surface area contributed by atoms with Crippen molar-refractivity contribution in [1.82, 2.24) is 0 Å². The Hall–Kier alpha value is -1.31. The monoisotopic (exact) mass is 254 g/mol. The maximum Gasteiger partial charge on any atom is 0.707 e. The van der Waals surface area contributed by atoms with Gasteiger partial charge in [-0.25, -0.2) is 8.42 Å². The molecule has 1 unspecified atom stereocenters. The smallest absolute Gasteiger partial charge is 0.512 e. The summed E-state index contributed by atoms with van der Waals surface area (Å²) in [5, 5.41) is 16.7. The van der Waals surface area contributed by atoms with Crippen LogP contribution in [0.2, 0.25) is 0 Å². The van der Waals surface area contributed by atoms with Crippen LogP contribution in [0.15, 0.2) is 41.3 Å². The molecule has 7 heteroatoms. The predicted octanol–water partition coefficient (Wildman–Crippen LogP) is 0.137. The number of benzene rings is 1. The second-order valence-electron chi connectivity index (χ2n) is 3.66. The van der Waals surface area contributed by atoms with Crippen molar-refractivity contribution in [3.8, 4) is 5.75 Å². The third kappa shape index (κ3) is 2.51. The quantitative estimate of drug-likeness (QED) is 0.589. The minimum atomic E-state index is -3.31. The van der Waals surface area contributed by atoms with Gasteiger partial charge in [0.2, 0.25) is 0 Å². The van der Waals surface area contributed by atoms with Gasteiger partial charge < -0.3 is 14.7 Å². The van der Waals surface area contributed by atoms with Crippen LogP contribution in [0.5, 0.6) is 5.75 Å². The highest BCUT2D eigenvalue weighted by Gasteiger charge is 2.28. The minimum Gasteiger partial charge on any atom is -0.512 e. The zero-order chi connectivity index (χ0) is 12.5. The summed E-state index contributed by atoms with van der Waals surface area (Å²) in [5.74, 6) is 0.197. The molecule has 2 rings (SSSR count). The molecule has 5 nitrogen and oxygen atoms in total. The fourth-order valence-electron chi connectivity index (χ4n) is 1.48. The van der Waals surface area contributed by atoms with Gasteiger partial charge in [0.05, 0.1) is 10.1 Å². The molecule has 1 aliphatic rings. The summed E-state index contributed by atoms with van der Waals surface area (Å²) in [7, 11) is -5.22. The second-order valence-corrected chi connectivity index (χ2v) is 5.83. The van der Waals surface area contributed by atoms with Crippen molar-refractivity contribution in [2.75, 3.05) is 0 Å². The summed E-state index contributed by atoms with van der Waals surface area (Å²) in [4.78, 5) is 0.201. The highest BCUT2D eigenvalue weighted by Crippen LogP contribution is 2.26. The topological polar surface area (TPSA) is 83.8 Å². The molecular formula is C10H11BO5S. The van der Waals surface area contributed by atoms with Gasteiger partial charge in [0.15, 0.2) is 9.84 Å². The summed E-state index contributed by atoms with van der Waals surface area (Å²) >= 11 is 0. The first-order chi connectivity index (χ1) is 8.00. The van der Waals surface area contributed by atoms with Gasteiger partial charge in [-0.1, -0.05) is 12.2 Å². The third-order valence-corrected chi connectivity index (χ3v) is 4.59. The molecule has 0 amide bonds. The first kappa shape index (κ1) is 12.2. The van der Waals surface area contributed by atoms with E-state index in [1.54, 1.807) is 6.08 Å². The van der Waals surface area contributed by atoms with Gasteiger partial charge in [-0.05, 0) is 30.7 Å². The van der Waals surface area contributed by atoms with Crippen LogP contribution in [0.3, 0.4) is 0 Å². The highest BCUT2D eigenvalue weighted by molar-refractivity contribution is 7.92. The lowest BCUT2D eigenvalue weighted by Crippen LogP contribution is -2.23. The number of hydrogen-bond acceptors (Lipinski definition) is 5. The van der Waals surface area contributed by atoms with Crippen molar-refractivity contribution in [2.45, 2.75) is 16.6 Å². The molecule has 1 atom stereocenters. The second kappa shape index (κ2) is 4.52. The van der Waals surface area contributed by atoms with Gasteiger partial charge in [-0.15, -0.1) is 0 Å². The SMILES string of the molecule is O=S(=O)(c1ccc(OB(O)O)cc1)C1C=CC1. The Labute approximate surface area is 99.5 Å². The Bertz CT molecular complexity index is 520. The van der Waals surface area contributed by atoms with Crippen LogP contribution in [-0.4, -0.2) is 31.0 Å². The molecule has 0 heterocycles. The van der Waals surface area contributed by atoms with Crippen molar-refractivity contribution in [1.29, 1.82) is 0 Å². The molecule has 0 saturated carbocycles. The fraction of sp³-hybridized carbons (Fsp3) is 0.200. The standard InChI is InChI=1S/C10H11BO5S/c12-11(13)16-8-4-6-10(7-5-8)17(14,15)9-2-1-3-9/h1-2,4-7,9,12-13H,3H2. The molecule has 0 spiro atoms. The van der Waals surface area contributed by atoms with Crippen LogP contribution in [0.4, 0.5) is 0 Å². The first-order valence-corrected chi connectivity index (χ1v) is 6.58. The van der Waals surface area contributed by atoms with E-state index in [-0.39, 0.29) is 10.6 Å². The van der Waals surface area contributed by atoms with Gasteiger partial charge in [0.1, 0.15) is 5.75 Å². The van der Waals surface area contributed by atoms with Crippen LogP contribution in [0.25, 0.3) is 0 Å². The van der Waals surface area contributed by atoms with E-state index in [1.165, 1.54) is 24.3 Å². The van der Waals surface area contributed by atoms with Gasteiger partial charge >= 0.3 is 7.32 Å². The zero-order valence-corrected chi connectivity index (χ0v) is 9.67. The number of hydrogen-bond donors (Lipinski definition) is 2. The van der Waals surface area contributed by atoms with E-state index in [0.717, 1.165) is 0 Å². The van der Waals surface area contributed by atoms with Crippen molar-refractivity contribution in [3.05, 3.63) is 36.4 Å². The average Bonchev–Trinajstić information content (AvgIpc) is 2.13. The molecule has 0 aliphatic heterocycles. The van der Waals surface area contributed by atoms with Gasteiger partial charge in [-0.2, -0.15) is 0 Å². The lowest BCUT2D eigenvalue weighted by Gasteiger charge is -2.18. The van der Waals surface area contributed by atoms with Gasteiger partial charge in [0, 0.05) is 0 Å². The van der Waals surface area contributed by atoms with E-state index >= 15 is 0 Å². The van der Waals surface area contributed by atoms with Crippen molar-refractivity contribution in [3.63, 3.8) is 0 Å². The molecule has 1 aromatic rings. The normalized spacial score (nSPS) is 18.6. The maximum absolute atomic E-state index is 12.0. The minimum absolute atomic E-state index is 0.197. The molecule has 2 N–H and O–H groups in total. The molecule has 0 aromatic heterocycles. The van der Waals surface area contributed by atoms with Gasteiger partial charge in [-0.3, -0.25) is 0 Å². The largest absolute Gasteiger partial charge is 0.707 e. The molecule has 90 valence electrons. The van der Waals surface area contributed by atoms with Gasteiger partial charge in [0.25, 0.3) is 0 Å². The Balaban J connectivity index is 2.20. The maximum atomic E-state index is 12.0. The number of sulfone groups is 1. The third-order valence-electron chi connectivity index (χ3n) is 2.51. The predicted molar refractivity (Wildman–Crippen MR) is 62.0 cm³/mol. The molecule has 17 heavy (non-hydrogen) atoms. The van der Waals surface area contributed by atoms with E-state index in [2.05, 4.69) is 4.65 Å². The molecule has 0 saturated heterocycles. The van der Waals surface area contributed by atoms with Crippen LogP contribution < -0.4 is 4.65 Å². The van der Waals surface area contributed by atoms with Crippen LogP contribution in [0, 0.1) is 0 Å². The van der Waals surface area contributed by atoms with E-state index < -0.39 is 22.4 Å². The first-order valence-electron chi connectivity index (χ1n) is 5.03. The summed E-state index contributed by atoms with van der Waals surface area (Å²) in [6, 6.07) is 5.54. The summed E-state index contributed by atoms with van der Waals surface area (Å²) in [6.45, 7) is 0. The Morgan fingerprint density at radius 1 is 1.24 bits per heavy atom. The number of allylic oxidation sites excluding steroid dienone is 1. The fourth-order valence-corrected chi connectivity index (χ4v) is 3.03. The van der Waals surface area contributed by atoms with Crippen molar-refractivity contribution >= 4 is 17.2 Å². The summed E-state index contributed by atoms with van der Waals surface area (Å²) in [6.07, 6.45) is 4.00. The van der Waals surface area contributed by atoms with E-state index in [0.29, 0.717) is 6.42 Å². The summed E-state index contributed by atoms with van der Waals surface area (Å²) in [5.41, 5.74) is 0. The Kier molecular flexibility index (Phi) is 3.23. The number of rotatable bonds is 4. The molecule has 0 bridgehead atoms. The van der Waals surface area contributed by atoms with E-state index in [4.69, 9.17) is 10.0 Å². The average molecular weight is 254 g/mol. The van der Waals surface area contributed by atoms with Crippen LogP contribution in [-0.2, 0) is 9.84 Å². The van der Waals surface area contributed by atoms with Crippen LogP contribution >= 0.6 is 0 Å². The van der Waals surface area contributed by atoms with Crippen molar-refractivity contribution in [2.24, 2.45) is 0 Å². The molecule has 0 radical (unpaired) electrons. The van der Waals surface area contributed by atoms with E-state index in [9.17, 15) is 8.42 Å². The molecular weight excluding hydrogens is 243 g/mol. The Morgan fingerprint density at radius 2 is 1.82 bits per heavy atom. The lowest BCUT2D eigenvalue weighted by atomic mass is 10.1. The molecule has 1 aromatic carbocycles. The highest BCUT2D eigenvalue weighted by atomic mass is 32.2.